The molecule has 3 rings (SSSR count). The van der Waals surface area contributed by atoms with Crippen molar-refractivity contribution >= 4 is 26.7 Å². The molecule has 0 aromatic heterocycles. The highest BCUT2D eigenvalue weighted by Gasteiger charge is 2.53. The lowest BCUT2D eigenvalue weighted by Crippen LogP contribution is -2.63. The zero-order valence-corrected chi connectivity index (χ0v) is 13.6. The van der Waals surface area contributed by atoms with Crippen LogP contribution < -0.4 is 0 Å². The van der Waals surface area contributed by atoms with E-state index in [-0.39, 0.29) is 5.56 Å². The quantitative estimate of drug-likeness (QED) is 0.506. The molecule has 1 heterocycles. The number of ether oxygens (including phenoxy) is 1. The molecule has 5 N–H and O–H groups in total. The smallest absolute Gasteiger partial charge is 0.222 e. The molecule has 6 nitrogen and oxygen atoms in total. The summed E-state index contributed by atoms with van der Waals surface area (Å²) >= 11 is 3.38. The number of fused-ring (bicyclic) bond motifs is 1. The van der Waals surface area contributed by atoms with Crippen LogP contribution in [0.15, 0.2) is 40.9 Å². The van der Waals surface area contributed by atoms with E-state index in [0.29, 0.717) is 0 Å². The fourth-order valence-electron chi connectivity index (χ4n) is 2.83. The van der Waals surface area contributed by atoms with Crippen LogP contribution in [0.3, 0.4) is 0 Å². The summed E-state index contributed by atoms with van der Waals surface area (Å²) in [5.74, 6) is -2.23. The Bertz CT molecular complexity index is 721. The molecule has 23 heavy (non-hydrogen) atoms. The van der Waals surface area contributed by atoms with E-state index in [0.717, 1.165) is 15.2 Å². The molecule has 0 unspecified atom stereocenters. The maximum atomic E-state index is 10.8. The van der Waals surface area contributed by atoms with Gasteiger partial charge < -0.3 is 30.3 Å². The summed E-state index contributed by atoms with van der Waals surface area (Å²) in [6.07, 6.45) is -6.11. The maximum absolute atomic E-state index is 10.8. The van der Waals surface area contributed by atoms with Gasteiger partial charge in [-0.2, -0.15) is 0 Å². The molecular weight excluding hydrogens is 368 g/mol. The summed E-state index contributed by atoms with van der Waals surface area (Å²) in [5, 5.41) is 51.6. The molecule has 1 fully saturated rings. The minimum atomic E-state index is -2.23. The molecule has 0 bridgehead atoms. The van der Waals surface area contributed by atoms with E-state index < -0.39 is 36.8 Å². The first kappa shape index (κ1) is 16.8. The lowest BCUT2D eigenvalue weighted by Gasteiger charge is -2.45. The van der Waals surface area contributed by atoms with Crippen molar-refractivity contribution in [3.63, 3.8) is 0 Å². The summed E-state index contributed by atoms with van der Waals surface area (Å²) in [7, 11) is 0. The van der Waals surface area contributed by atoms with Crippen LogP contribution in [0.25, 0.3) is 10.8 Å². The van der Waals surface area contributed by atoms with Gasteiger partial charge in [0.2, 0.25) is 5.79 Å². The van der Waals surface area contributed by atoms with Gasteiger partial charge in [0.25, 0.3) is 0 Å². The van der Waals surface area contributed by atoms with Crippen LogP contribution in [-0.2, 0) is 10.5 Å². The molecular formula is C16H17BrO6. The Kier molecular flexibility index (Phi) is 4.45. The van der Waals surface area contributed by atoms with Gasteiger partial charge in [0.05, 0.1) is 6.61 Å². The first-order valence-corrected chi connectivity index (χ1v) is 7.91. The molecule has 1 saturated heterocycles. The molecule has 1 aliphatic heterocycles. The lowest BCUT2D eigenvalue weighted by molar-refractivity contribution is -0.357. The van der Waals surface area contributed by atoms with E-state index in [1.54, 1.807) is 18.2 Å². The normalized spacial score (nSPS) is 34.7. The summed E-state index contributed by atoms with van der Waals surface area (Å²) in [4.78, 5) is 0. The molecule has 2 aromatic carbocycles. The third kappa shape index (κ3) is 2.78. The SMILES string of the molecule is OC[C@H]1O[C@](O)(c2ccc3cc(Br)ccc3c2)[C@H](O)[C@@H](O)[C@@H]1O. The van der Waals surface area contributed by atoms with Crippen molar-refractivity contribution in [1.29, 1.82) is 0 Å². The second-order valence-corrected chi connectivity index (χ2v) is 6.58. The minimum absolute atomic E-state index is 0.226. The highest BCUT2D eigenvalue weighted by atomic mass is 79.9. The van der Waals surface area contributed by atoms with Gasteiger partial charge >= 0.3 is 0 Å². The first-order valence-electron chi connectivity index (χ1n) is 7.12. The van der Waals surface area contributed by atoms with E-state index in [4.69, 9.17) is 4.74 Å². The van der Waals surface area contributed by atoms with E-state index in [9.17, 15) is 25.5 Å². The molecule has 5 atom stereocenters. The molecule has 1 aliphatic rings. The Balaban J connectivity index is 2.06. The Labute approximate surface area is 140 Å². The van der Waals surface area contributed by atoms with Crippen LogP contribution in [0, 0.1) is 0 Å². The second-order valence-electron chi connectivity index (χ2n) is 5.67. The Morgan fingerprint density at radius 3 is 2.35 bits per heavy atom. The van der Waals surface area contributed by atoms with Crippen LogP contribution in [0.4, 0.5) is 0 Å². The van der Waals surface area contributed by atoms with Crippen molar-refractivity contribution in [2.45, 2.75) is 30.2 Å². The Morgan fingerprint density at radius 2 is 1.65 bits per heavy atom. The molecule has 0 aliphatic carbocycles. The molecule has 0 radical (unpaired) electrons. The largest absolute Gasteiger partial charge is 0.394 e. The number of aliphatic hydroxyl groups is 5. The number of hydrogen-bond acceptors (Lipinski definition) is 6. The van der Waals surface area contributed by atoms with E-state index in [2.05, 4.69) is 15.9 Å². The van der Waals surface area contributed by atoms with E-state index in [1.807, 2.05) is 18.2 Å². The predicted molar refractivity (Wildman–Crippen MR) is 85.5 cm³/mol. The molecule has 7 heteroatoms. The van der Waals surface area contributed by atoms with Gasteiger partial charge in [-0.15, -0.1) is 0 Å². The summed E-state index contributed by atoms with van der Waals surface area (Å²) in [6, 6.07) is 10.5. The van der Waals surface area contributed by atoms with Gasteiger partial charge in [-0.1, -0.05) is 34.1 Å². The topological polar surface area (TPSA) is 110 Å². The monoisotopic (exact) mass is 384 g/mol. The van der Waals surface area contributed by atoms with Gasteiger partial charge in [0, 0.05) is 10.0 Å². The average molecular weight is 385 g/mol. The van der Waals surface area contributed by atoms with Crippen molar-refractivity contribution in [1.82, 2.24) is 0 Å². The van der Waals surface area contributed by atoms with Gasteiger partial charge in [-0.25, -0.2) is 0 Å². The number of benzene rings is 2. The zero-order chi connectivity index (χ0) is 16.8. The number of halogens is 1. The Hall–Kier alpha value is -1.06. The Morgan fingerprint density at radius 1 is 1.00 bits per heavy atom. The zero-order valence-electron chi connectivity index (χ0n) is 12.0. The lowest BCUT2D eigenvalue weighted by atomic mass is 9.87. The molecule has 124 valence electrons. The van der Waals surface area contributed by atoms with E-state index in [1.165, 1.54) is 0 Å². The number of aliphatic hydroxyl groups excluding tert-OH is 4. The van der Waals surface area contributed by atoms with Gasteiger partial charge in [-0.3, -0.25) is 0 Å². The molecule has 0 spiro atoms. The molecule has 2 aromatic rings. The standard InChI is InChI=1S/C16H17BrO6/c17-11-4-2-8-5-10(3-1-9(8)6-11)16(22)15(21)14(20)13(19)12(7-18)23-16/h1-6,12-15,18-22H,7H2/t12-,13-,14+,15-,16-/m1/s1. The predicted octanol–water partition coefficient (Wildman–Crippen LogP) is 0.221. The van der Waals surface area contributed by atoms with Crippen molar-refractivity contribution in [3.05, 3.63) is 46.4 Å². The van der Waals surface area contributed by atoms with Crippen LogP contribution in [-0.4, -0.2) is 56.6 Å². The highest BCUT2D eigenvalue weighted by molar-refractivity contribution is 9.10. The maximum Gasteiger partial charge on any atom is 0.222 e. The van der Waals surface area contributed by atoms with Crippen LogP contribution in [0.1, 0.15) is 5.56 Å². The first-order chi connectivity index (χ1) is 10.9. The van der Waals surface area contributed by atoms with Crippen molar-refractivity contribution in [2.24, 2.45) is 0 Å². The van der Waals surface area contributed by atoms with Crippen molar-refractivity contribution in [2.75, 3.05) is 6.61 Å². The van der Waals surface area contributed by atoms with Gasteiger partial charge in [-0.05, 0) is 29.0 Å². The average Bonchev–Trinajstić information content (AvgIpc) is 2.55. The van der Waals surface area contributed by atoms with Crippen LogP contribution in [0.5, 0.6) is 0 Å². The number of rotatable bonds is 2. The fourth-order valence-corrected chi connectivity index (χ4v) is 3.21. The summed E-state index contributed by atoms with van der Waals surface area (Å²) in [5.41, 5.74) is 0.226. The molecule has 0 amide bonds. The minimum Gasteiger partial charge on any atom is -0.394 e. The fraction of sp³-hybridized carbons (Fsp3) is 0.375. The highest BCUT2D eigenvalue weighted by Crippen LogP contribution is 2.37. The van der Waals surface area contributed by atoms with Crippen molar-refractivity contribution in [3.8, 4) is 0 Å². The van der Waals surface area contributed by atoms with Gasteiger partial charge in [0.1, 0.15) is 24.4 Å². The number of hydrogen-bond donors (Lipinski definition) is 5. The van der Waals surface area contributed by atoms with Crippen LogP contribution >= 0.6 is 15.9 Å². The third-order valence-corrected chi connectivity index (χ3v) is 4.68. The second kappa shape index (κ2) is 6.10. The van der Waals surface area contributed by atoms with Gasteiger partial charge in [0.15, 0.2) is 0 Å². The van der Waals surface area contributed by atoms with Crippen molar-refractivity contribution < 1.29 is 30.3 Å². The third-order valence-electron chi connectivity index (χ3n) is 4.18. The van der Waals surface area contributed by atoms with Crippen LogP contribution in [0.2, 0.25) is 0 Å². The summed E-state index contributed by atoms with van der Waals surface area (Å²) < 4.78 is 6.22. The summed E-state index contributed by atoms with van der Waals surface area (Å²) in [6.45, 7) is -0.603. The van der Waals surface area contributed by atoms with E-state index >= 15 is 0 Å². The molecule has 0 saturated carbocycles.